The number of hydrogen-bond acceptors (Lipinski definition) is 10. The predicted octanol–water partition coefficient (Wildman–Crippen LogP) is 5.02. The van der Waals surface area contributed by atoms with Crippen LogP contribution in [0.2, 0.25) is 5.04 Å². The average Bonchev–Trinajstić information content (AvgIpc) is 3.84. The number of ether oxygens (including phenoxy) is 2. The van der Waals surface area contributed by atoms with Crippen LogP contribution >= 0.6 is 11.3 Å². The molecule has 0 unspecified atom stereocenters. The summed E-state index contributed by atoms with van der Waals surface area (Å²) >= 11 is 1.18. The standard InChI is InChI=1S/C41H44N6O6SSi/c1-28-35-36(49)46(41(4,5)34(48)26-40(2,3)55(51,29-16-9-7-10-17-29)30-18-11-8-12-19-30)39(50)45(38(35)54-37(28)47-43-23-24-44-47)27-33(53-25-15-22-42)31-20-13-14-21-32(31)52-6/h7-14,16-21,23-24,33,51H,15,25-27H2,1-6H3/t33-/m0/s1. The van der Waals surface area contributed by atoms with E-state index in [1.807, 2.05) is 92.7 Å². The molecule has 284 valence electrons. The lowest BCUT2D eigenvalue weighted by Crippen LogP contribution is -2.66. The molecule has 12 nitrogen and oxygen atoms in total. The number of nitriles is 1. The molecule has 0 saturated carbocycles. The van der Waals surface area contributed by atoms with Gasteiger partial charge in [-0.3, -0.25) is 14.2 Å². The first-order valence-corrected chi connectivity index (χ1v) is 20.7. The summed E-state index contributed by atoms with van der Waals surface area (Å²) in [4.78, 5) is 59.2. The molecule has 6 aromatic rings. The van der Waals surface area contributed by atoms with E-state index in [0.717, 1.165) is 14.9 Å². The molecule has 0 aliphatic carbocycles. The molecule has 3 aromatic carbocycles. The summed E-state index contributed by atoms with van der Waals surface area (Å²) in [6, 6.07) is 28.1. The summed E-state index contributed by atoms with van der Waals surface area (Å²) in [6.07, 6.45) is 2.24. The molecule has 0 aliphatic heterocycles. The predicted molar refractivity (Wildman–Crippen MR) is 215 cm³/mol. The fourth-order valence-corrected chi connectivity index (χ4v) is 12.1. The first kappa shape index (κ1) is 39.2. The Morgan fingerprint density at radius 3 is 2.11 bits per heavy atom. The summed E-state index contributed by atoms with van der Waals surface area (Å²) in [5, 5.41) is 19.2. The third-order valence-corrected chi connectivity index (χ3v) is 16.1. The molecule has 0 spiro atoms. The minimum absolute atomic E-state index is 0.0716. The van der Waals surface area contributed by atoms with E-state index in [1.165, 1.54) is 40.2 Å². The van der Waals surface area contributed by atoms with E-state index >= 15 is 0 Å². The van der Waals surface area contributed by atoms with Crippen LogP contribution in [0.15, 0.2) is 107 Å². The largest absolute Gasteiger partial charge is 0.496 e. The number of benzene rings is 3. The van der Waals surface area contributed by atoms with Crippen molar-refractivity contribution in [3.05, 3.63) is 129 Å². The zero-order chi connectivity index (χ0) is 39.5. The van der Waals surface area contributed by atoms with Crippen LogP contribution in [0, 0.1) is 18.3 Å². The topological polar surface area (TPSA) is 154 Å². The van der Waals surface area contributed by atoms with Gasteiger partial charge in [-0.2, -0.15) is 15.5 Å². The number of Topliss-reactive ketones (excluding diaryl/α,β-unsaturated/α-hetero) is 1. The van der Waals surface area contributed by atoms with Gasteiger partial charge < -0.3 is 14.3 Å². The van der Waals surface area contributed by atoms with Gasteiger partial charge in [-0.05, 0) is 42.2 Å². The van der Waals surface area contributed by atoms with Crippen molar-refractivity contribution in [2.75, 3.05) is 13.7 Å². The van der Waals surface area contributed by atoms with E-state index in [0.29, 0.717) is 26.7 Å². The first-order valence-electron chi connectivity index (χ1n) is 17.9. The van der Waals surface area contributed by atoms with Crippen LogP contribution in [0.3, 0.4) is 0 Å². The van der Waals surface area contributed by atoms with Crippen LogP contribution in [0.25, 0.3) is 15.2 Å². The minimum atomic E-state index is -3.63. The first-order chi connectivity index (χ1) is 26.3. The fraction of sp³-hybridized carbons (Fsp3) is 0.317. The third kappa shape index (κ3) is 7.12. The molecular weight excluding hydrogens is 733 g/mol. The molecule has 0 radical (unpaired) electrons. The van der Waals surface area contributed by atoms with Crippen LogP contribution in [0.4, 0.5) is 0 Å². The summed E-state index contributed by atoms with van der Waals surface area (Å²) in [5.41, 5.74) is -1.81. The van der Waals surface area contributed by atoms with Gasteiger partial charge in [0.1, 0.15) is 27.2 Å². The highest BCUT2D eigenvalue weighted by molar-refractivity contribution is 7.21. The van der Waals surface area contributed by atoms with Gasteiger partial charge in [-0.15, -0.1) is 4.80 Å². The van der Waals surface area contributed by atoms with Crippen molar-refractivity contribution in [2.24, 2.45) is 0 Å². The van der Waals surface area contributed by atoms with Gasteiger partial charge in [0.2, 0.25) is 0 Å². The highest BCUT2D eigenvalue weighted by Crippen LogP contribution is 2.41. The number of methoxy groups -OCH3 is 1. The van der Waals surface area contributed by atoms with Crippen molar-refractivity contribution < 1.29 is 19.1 Å². The Labute approximate surface area is 324 Å². The summed E-state index contributed by atoms with van der Waals surface area (Å²) in [7, 11) is -2.09. The quantitative estimate of drug-likeness (QED) is 0.112. The maximum absolute atomic E-state index is 15.0. The number of fused-ring (bicyclic) bond motifs is 1. The second-order valence-corrected chi connectivity index (χ2v) is 19.5. The Kier molecular flexibility index (Phi) is 11.2. The summed E-state index contributed by atoms with van der Waals surface area (Å²) < 4.78 is 14.4. The van der Waals surface area contributed by atoms with Crippen molar-refractivity contribution in [3.63, 3.8) is 0 Å². The second kappa shape index (κ2) is 15.7. The maximum atomic E-state index is 15.0. The van der Waals surface area contributed by atoms with Crippen LogP contribution in [-0.4, -0.2) is 56.7 Å². The van der Waals surface area contributed by atoms with Gasteiger partial charge in [-0.25, -0.2) is 9.36 Å². The van der Waals surface area contributed by atoms with Crippen molar-refractivity contribution in [2.45, 2.75) is 70.7 Å². The molecule has 0 amide bonds. The Morgan fingerprint density at radius 2 is 1.53 bits per heavy atom. The van der Waals surface area contributed by atoms with Gasteiger partial charge in [-0.1, -0.05) is 104 Å². The number of ketones is 1. The number of rotatable bonds is 15. The van der Waals surface area contributed by atoms with Crippen molar-refractivity contribution in [1.82, 2.24) is 24.1 Å². The molecule has 1 atom stereocenters. The van der Waals surface area contributed by atoms with Crippen molar-refractivity contribution >= 4 is 46.0 Å². The zero-order valence-electron chi connectivity index (χ0n) is 31.7. The molecule has 0 fully saturated rings. The molecule has 6 rings (SSSR count). The van der Waals surface area contributed by atoms with E-state index < -0.39 is 42.0 Å². The molecule has 0 aliphatic rings. The fourth-order valence-electron chi connectivity index (χ4n) is 7.26. The molecule has 14 heteroatoms. The summed E-state index contributed by atoms with van der Waals surface area (Å²) in [5.74, 6) is 0.130. The lowest BCUT2D eigenvalue weighted by Gasteiger charge is -2.42. The van der Waals surface area contributed by atoms with E-state index in [-0.39, 0.29) is 31.4 Å². The maximum Gasteiger partial charge on any atom is 0.333 e. The van der Waals surface area contributed by atoms with Crippen molar-refractivity contribution in [1.29, 1.82) is 5.26 Å². The van der Waals surface area contributed by atoms with Gasteiger partial charge >= 0.3 is 5.69 Å². The summed E-state index contributed by atoms with van der Waals surface area (Å²) in [6.45, 7) is 8.68. The number of aryl methyl sites for hydroxylation is 1. The molecule has 3 aromatic heterocycles. The van der Waals surface area contributed by atoms with Gasteiger partial charge in [0.05, 0.1) is 50.5 Å². The van der Waals surface area contributed by atoms with Gasteiger partial charge in [0.25, 0.3) is 13.9 Å². The monoisotopic (exact) mass is 776 g/mol. The number of carbonyl (C=O) groups excluding carboxylic acids is 1. The third-order valence-electron chi connectivity index (χ3n) is 10.4. The Balaban J connectivity index is 1.53. The van der Waals surface area contributed by atoms with Gasteiger partial charge in [0, 0.05) is 17.5 Å². The number of hydrogen-bond donors (Lipinski definition) is 1. The molecular formula is C41H44N6O6SSi. The Morgan fingerprint density at radius 1 is 0.945 bits per heavy atom. The lowest BCUT2D eigenvalue weighted by atomic mass is 9.91. The highest BCUT2D eigenvalue weighted by Gasteiger charge is 2.52. The van der Waals surface area contributed by atoms with Crippen LogP contribution in [-0.2, 0) is 21.6 Å². The van der Waals surface area contributed by atoms with Crippen LogP contribution in [0.1, 0.15) is 57.8 Å². The van der Waals surface area contributed by atoms with Crippen LogP contribution < -0.4 is 26.4 Å². The molecule has 3 heterocycles. The highest BCUT2D eigenvalue weighted by atomic mass is 32.1. The van der Waals surface area contributed by atoms with E-state index in [4.69, 9.17) is 9.47 Å². The number of thiophene rings is 1. The Hall–Kier alpha value is -5.46. The SMILES string of the molecule is COc1ccccc1[C@H](Cn1c(=O)n(C(C)(C)C(=O)CC(C)(C)[Si](O)(c2ccccc2)c2ccccc2)c(=O)c2c(C)c(-n3nccn3)sc21)OCCC#N. The van der Waals surface area contributed by atoms with Crippen molar-refractivity contribution in [3.8, 4) is 16.8 Å². The lowest BCUT2D eigenvalue weighted by molar-refractivity contribution is -0.127. The number of carbonyl (C=O) groups is 1. The van der Waals surface area contributed by atoms with E-state index in [9.17, 15) is 24.4 Å². The second-order valence-electron chi connectivity index (χ2n) is 14.6. The molecule has 55 heavy (non-hydrogen) atoms. The zero-order valence-corrected chi connectivity index (χ0v) is 33.5. The van der Waals surface area contributed by atoms with Crippen LogP contribution in [0.5, 0.6) is 5.75 Å². The van der Waals surface area contributed by atoms with E-state index in [1.54, 1.807) is 26.8 Å². The average molecular weight is 777 g/mol. The molecule has 1 N–H and O–H groups in total. The number of aromatic nitrogens is 5. The normalized spacial score (nSPS) is 12.8. The van der Waals surface area contributed by atoms with Gasteiger partial charge in [0.15, 0.2) is 5.78 Å². The minimum Gasteiger partial charge on any atom is -0.496 e. The smallest absolute Gasteiger partial charge is 0.333 e. The number of para-hydroxylation sites is 1. The number of nitrogens with zero attached hydrogens (tertiary/aromatic N) is 6. The molecule has 0 saturated heterocycles. The molecule has 0 bridgehead atoms. The Bertz CT molecular complexity index is 2430. The van der Waals surface area contributed by atoms with E-state index in [2.05, 4.69) is 16.3 Å².